The molecule has 0 N–H and O–H groups in total. The molecule has 2 rings (SSSR count). The quantitative estimate of drug-likeness (QED) is 0.637. The van der Waals surface area contributed by atoms with E-state index in [0.29, 0.717) is 0 Å². The first-order valence-corrected chi connectivity index (χ1v) is 4.66. The van der Waals surface area contributed by atoms with Crippen molar-refractivity contribution in [3.05, 3.63) is 29.2 Å². The van der Waals surface area contributed by atoms with Gasteiger partial charge in [0.25, 0.3) is 0 Å². The van der Waals surface area contributed by atoms with Crippen LogP contribution in [0.4, 0.5) is 11.4 Å². The Labute approximate surface area is 83.1 Å². The van der Waals surface area contributed by atoms with Crippen LogP contribution in [0.25, 0.3) is 0 Å². The van der Waals surface area contributed by atoms with Gasteiger partial charge in [-0.05, 0) is 19.1 Å². The summed E-state index contributed by atoms with van der Waals surface area (Å²) < 4.78 is 0. The summed E-state index contributed by atoms with van der Waals surface area (Å²) in [6, 6.07) is 7.94. The van der Waals surface area contributed by atoms with Gasteiger partial charge in [-0.3, -0.25) is 0 Å². The van der Waals surface area contributed by atoms with Crippen molar-refractivity contribution < 1.29 is 0 Å². The normalized spacial score (nSPS) is 20.6. The molecule has 1 aliphatic rings. The van der Waals surface area contributed by atoms with E-state index in [1.165, 1.54) is 5.01 Å². The Balaban J connectivity index is 2.50. The third-order valence-corrected chi connectivity index (χ3v) is 2.58. The van der Waals surface area contributed by atoms with Crippen LogP contribution in [0.1, 0.15) is 6.92 Å². The number of rotatable bonds is 1. The van der Waals surface area contributed by atoms with Crippen molar-refractivity contribution in [2.45, 2.75) is 13.0 Å². The van der Waals surface area contributed by atoms with Crippen LogP contribution in [-0.2, 0) is 0 Å². The zero-order chi connectivity index (χ0) is 10.1. The zero-order valence-electron chi connectivity index (χ0n) is 8.34. The minimum absolute atomic E-state index is 0.132. The Morgan fingerprint density at radius 1 is 1.36 bits per heavy atom. The number of nitroso groups, excluding NO2 is 1. The zero-order valence-corrected chi connectivity index (χ0v) is 8.34. The summed E-state index contributed by atoms with van der Waals surface area (Å²) in [5.74, 6) is 0. The third-order valence-electron chi connectivity index (χ3n) is 2.58. The summed E-state index contributed by atoms with van der Waals surface area (Å²) in [7, 11) is 2.03. The summed E-state index contributed by atoms with van der Waals surface area (Å²) in [6.07, 6.45) is 0. The smallest absolute Gasteiger partial charge is 0.0863 e. The van der Waals surface area contributed by atoms with E-state index < -0.39 is 0 Å². The van der Waals surface area contributed by atoms with Crippen molar-refractivity contribution in [2.75, 3.05) is 23.5 Å². The molecule has 1 aromatic rings. The third kappa shape index (κ3) is 1.23. The SMILES string of the molecule is CC1CN(C)c2ccccc2N1N=O. The molecule has 4 nitrogen and oxygen atoms in total. The maximum Gasteiger partial charge on any atom is 0.0863 e. The predicted octanol–water partition coefficient (Wildman–Crippen LogP) is 2.01. The van der Waals surface area contributed by atoms with E-state index >= 15 is 0 Å². The molecule has 0 fully saturated rings. The molecule has 0 saturated carbocycles. The topological polar surface area (TPSA) is 35.9 Å². The number of nitrogens with zero attached hydrogens (tertiary/aromatic N) is 3. The molecule has 74 valence electrons. The highest BCUT2D eigenvalue weighted by Crippen LogP contribution is 2.34. The molecule has 1 unspecified atom stereocenters. The number of fused-ring (bicyclic) bond motifs is 1. The molecular weight excluding hydrogens is 178 g/mol. The highest BCUT2D eigenvalue weighted by Gasteiger charge is 2.26. The van der Waals surface area contributed by atoms with Gasteiger partial charge in [-0.1, -0.05) is 12.1 Å². The molecule has 1 heterocycles. The first-order valence-electron chi connectivity index (χ1n) is 4.66. The van der Waals surface area contributed by atoms with Crippen molar-refractivity contribution in [3.8, 4) is 0 Å². The van der Waals surface area contributed by atoms with Crippen LogP contribution < -0.4 is 9.91 Å². The van der Waals surface area contributed by atoms with Gasteiger partial charge in [0.15, 0.2) is 0 Å². The van der Waals surface area contributed by atoms with Gasteiger partial charge in [0.2, 0.25) is 0 Å². The molecule has 0 aliphatic carbocycles. The number of hydrogen-bond acceptors (Lipinski definition) is 3. The van der Waals surface area contributed by atoms with Gasteiger partial charge >= 0.3 is 0 Å². The van der Waals surface area contributed by atoms with E-state index in [4.69, 9.17) is 0 Å². The summed E-state index contributed by atoms with van der Waals surface area (Å²) in [5, 5.41) is 4.60. The molecule has 1 atom stereocenters. The lowest BCUT2D eigenvalue weighted by atomic mass is 10.1. The van der Waals surface area contributed by atoms with Crippen LogP contribution in [0.3, 0.4) is 0 Å². The summed E-state index contributed by atoms with van der Waals surface area (Å²) in [4.78, 5) is 12.8. The van der Waals surface area contributed by atoms with Gasteiger partial charge in [0.05, 0.1) is 22.7 Å². The minimum atomic E-state index is 0.132. The molecule has 0 saturated heterocycles. The maximum atomic E-state index is 10.7. The number of para-hydroxylation sites is 2. The van der Waals surface area contributed by atoms with Gasteiger partial charge in [-0.25, -0.2) is 5.01 Å². The lowest BCUT2D eigenvalue weighted by Crippen LogP contribution is -2.43. The van der Waals surface area contributed by atoms with E-state index in [1.54, 1.807) is 0 Å². The van der Waals surface area contributed by atoms with E-state index in [1.807, 2.05) is 38.2 Å². The number of likely N-dealkylation sites (N-methyl/N-ethyl adjacent to an activating group) is 1. The van der Waals surface area contributed by atoms with Gasteiger partial charge in [0, 0.05) is 13.6 Å². The van der Waals surface area contributed by atoms with Crippen LogP contribution in [-0.4, -0.2) is 19.6 Å². The van der Waals surface area contributed by atoms with Crippen molar-refractivity contribution >= 4 is 11.4 Å². The van der Waals surface area contributed by atoms with Gasteiger partial charge in [-0.2, -0.15) is 0 Å². The monoisotopic (exact) mass is 191 g/mol. The highest BCUT2D eigenvalue weighted by molar-refractivity contribution is 5.73. The van der Waals surface area contributed by atoms with Crippen molar-refractivity contribution in [3.63, 3.8) is 0 Å². The minimum Gasteiger partial charge on any atom is -0.371 e. The average molecular weight is 191 g/mol. The fraction of sp³-hybridized carbons (Fsp3) is 0.400. The number of hydrogen-bond donors (Lipinski definition) is 0. The Morgan fingerprint density at radius 2 is 2.00 bits per heavy atom. The Morgan fingerprint density at radius 3 is 2.64 bits per heavy atom. The average Bonchev–Trinajstić information content (AvgIpc) is 2.18. The summed E-state index contributed by atoms with van der Waals surface area (Å²) >= 11 is 0. The summed E-state index contributed by atoms with van der Waals surface area (Å²) in [6.45, 7) is 2.82. The molecule has 0 spiro atoms. The molecular formula is C10H13N3O. The van der Waals surface area contributed by atoms with Crippen molar-refractivity contribution in [1.82, 2.24) is 0 Å². The molecule has 0 radical (unpaired) electrons. The molecule has 0 bridgehead atoms. The second-order valence-electron chi connectivity index (χ2n) is 3.64. The molecule has 0 amide bonds. The van der Waals surface area contributed by atoms with E-state index in [9.17, 15) is 4.91 Å². The van der Waals surface area contributed by atoms with Crippen LogP contribution in [0.15, 0.2) is 29.6 Å². The highest BCUT2D eigenvalue weighted by atomic mass is 16.3. The van der Waals surface area contributed by atoms with Crippen molar-refractivity contribution in [2.24, 2.45) is 5.29 Å². The van der Waals surface area contributed by atoms with Gasteiger partial charge in [0.1, 0.15) is 0 Å². The Hall–Kier alpha value is -1.58. The first kappa shape index (κ1) is 8.99. The Bertz CT molecular complexity index is 353. The fourth-order valence-corrected chi connectivity index (χ4v) is 1.91. The largest absolute Gasteiger partial charge is 0.371 e. The maximum absolute atomic E-state index is 10.7. The van der Waals surface area contributed by atoms with Gasteiger partial charge < -0.3 is 4.90 Å². The standard InChI is InChI=1S/C10H13N3O/c1-8-7-12(2)9-5-3-4-6-10(9)13(8)11-14/h3-6,8H,7H2,1-2H3. The van der Waals surface area contributed by atoms with E-state index in [2.05, 4.69) is 10.2 Å². The summed E-state index contributed by atoms with van der Waals surface area (Å²) in [5.41, 5.74) is 1.95. The van der Waals surface area contributed by atoms with Gasteiger partial charge in [-0.15, -0.1) is 4.91 Å². The molecule has 1 aromatic carbocycles. The van der Waals surface area contributed by atoms with Crippen LogP contribution in [0.5, 0.6) is 0 Å². The number of anilines is 2. The fourth-order valence-electron chi connectivity index (χ4n) is 1.91. The van der Waals surface area contributed by atoms with Crippen LogP contribution in [0, 0.1) is 4.91 Å². The van der Waals surface area contributed by atoms with Crippen molar-refractivity contribution in [1.29, 1.82) is 0 Å². The molecule has 4 heteroatoms. The second kappa shape index (κ2) is 3.29. The lowest BCUT2D eigenvalue weighted by molar-refractivity contribution is 0.619. The molecule has 0 aromatic heterocycles. The van der Waals surface area contributed by atoms with Crippen LogP contribution in [0.2, 0.25) is 0 Å². The Kier molecular flexibility index (Phi) is 2.11. The van der Waals surface area contributed by atoms with Crippen LogP contribution >= 0.6 is 0 Å². The number of benzene rings is 1. The van der Waals surface area contributed by atoms with E-state index in [-0.39, 0.29) is 6.04 Å². The predicted molar refractivity (Wildman–Crippen MR) is 57.4 cm³/mol. The molecule has 1 aliphatic heterocycles. The van der Waals surface area contributed by atoms with E-state index in [0.717, 1.165) is 17.9 Å². The lowest BCUT2D eigenvalue weighted by Gasteiger charge is -2.36. The molecule has 14 heavy (non-hydrogen) atoms. The second-order valence-corrected chi connectivity index (χ2v) is 3.64. The first-order chi connectivity index (χ1) is 6.74.